The summed E-state index contributed by atoms with van der Waals surface area (Å²) >= 11 is 0. The minimum atomic E-state index is -0.264. The number of ether oxygens (including phenoxy) is 1. The molecule has 0 radical (unpaired) electrons. The SMILES string of the molecule is CNCCN(C)C(=O)OC(C)C. The van der Waals surface area contributed by atoms with E-state index in [1.54, 1.807) is 11.9 Å². The Morgan fingerprint density at radius 3 is 2.58 bits per heavy atom. The van der Waals surface area contributed by atoms with Crippen molar-refractivity contribution in [3.8, 4) is 0 Å². The van der Waals surface area contributed by atoms with E-state index >= 15 is 0 Å². The van der Waals surface area contributed by atoms with Crippen molar-refractivity contribution < 1.29 is 9.53 Å². The summed E-state index contributed by atoms with van der Waals surface area (Å²) < 4.78 is 4.97. The molecule has 0 saturated carbocycles. The molecule has 0 aliphatic carbocycles. The Morgan fingerprint density at radius 1 is 1.58 bits per heavy atom. The molecule has 4 nitrogen and oxygen atoms in total. The van der Waals surface area contributed by atoms with Crippen molar-refractivity contribution in [2.24, 2.45) is 0 Å². The second-order valence-corrected chi connectivity index (χ2v) is 2.96. The molecule has 0 bridgehead atoms. The zero-order valence-electron chi connectivity index (χ0n) is 8.26. The van der Waals surface area contributed by atoms with Gasteiger partial charge in [-0.25, -0.2) is 4.79 Å². The highest BCUT2D eigenvalue weighted by molar-refractivity contribution is 5.67. The van der Waals surface area contributed by atoms with E-state index in [9.17, 15) is 4.79 Å². The molecule has 1 N–H and O–H groups in total. The summed E-state index contributed by atoms with van der Waals surface area (Å²) in [6, 6.07) is 0. The maximum atomic E-state index is 11.1. The van der Waals surface area contributed by atoms with Gasteiger partial charge in [0.05, 0.1) is 6.10 Å². The molecule has 0 aromatic heterocycles. The normalized spacial score (nSPS) is 10.1. The first-order valence-electron chi connectivity index (χ1n) is 4.14. The van der Waals surface area contributed by atoms with Crippen LogP contribution in [0, 0.1) is 0 Å². The molecule has 0 saturated heterocycles. The lowest BCUT2D eigenvalue weighted by atomic mass is 10.5. The third-order valence-corrected chi connectivity index (χ3v) is 1.35. The maximum Gasteiger partial charge on any atom is 0.409 e. The van der Waals surface area contributed by atoms with Gasteiger partial charge in [-0.1, -0.05) is 0 Å². The highest BCUT2D eigenvalue weighted by Gasteiger charge is 2.09. The van der Waals surface area contributed by atoms with Gasteiger partial charge in [-0.15, -0.1) is 0 Å². The number of amides is 1. The van der Waals surface area contributed by atoms with E-state index in [1.807, 2.05) is 20.9 Å². The minimum absolute atomic E-state index is 0.0467. The molecule has 0 unspecified atom stereocenters. The summed E-state index contributed by atoms with van der Waals surface area (Å²) in [7, 11) is 3.57. The van der Waals surface area contributed by atoms with Gasteiger partial charge in [0.15, 0.2) is 0 Å². The lowest BCUT2D eigenvalue weighted by Gasteiger charge is -2.18. The van der Waals surface area contributed by atoms with E-state index in [2.05, 4.69) is 5.32 Å². The van der Waals surface area contributed by atoms with Gasteiger partial charge < -0.3 is 15.0 Å². The fraction of sp³-hybridized carbons (Fsp3) is 0.875. The van der Waals surface area contributed by atoms with Gasteiger partial charge in [-0.3, -0.25) is 0 Å². The van der Waals surface area contributed by atoms with Gasteiger partial charge in [-0.2, -0.15) is 0 Å². The summed E-state index contributed by atoms with van der Waals surface area (Å²) in [5.41, 5.74) is 0. The number of carbonyl (C=O) groups is 1. The second-order valence-electron chi connectivity index (χ2n) is 2.96. The average molecular weight is 174 g/mol. The fourth-order valence-electron chi connectivity index (χ4n) is 0.662. The van der Waals surface area contributed by atoms with E-state index in [1.165, 1.54) is 0 Å². The van der Waals surface area contributed by atoms with Crippen molar-refractivity contribution in [2.45, 2.75) is 20.0 Å². The van der Waals surface area contributed by atoms with Crippen molar-refractivity contribution in [1.82, 2.24) is 10.2 Å². The summed E-state index contributed by atoms with van der Waals surface area (Å²) in [6.07, 6.45) is -0.310. The first-order chi connectivity index (χ1) is 5.57. The van der Waals surface area contributed by atoms with Gasteiger partial charge in [0.1, 0.15) is 0 Å². The van der Waals surface area contributed by atoms with Crippen LogP contribution in [0.5, 0.6) is 0 Å². The number of carbonyl (C=O) groups excluding carboxylic acids is 1. The number of hydrogen-bond donors (Lipinski definition) is 1. The van der Waals surface area contributed by atoms with Gasteiger partial charge >= 0.3 is 6.09 Å². The molecule has 12 heavy (non-hydrogen) atoms. The predicted octanol–water partition coefficient (Wildman–Crippen LogP) is 0.683. The number of hydrogen-bond acceptors (Lipinski definition) is 3. The minimum Gasteiger partial charge on any atom is -0.447 e. The van der Waals surface area contributed by atoms with Crippen molar-refractivity contribution in [3.05, 3.63) is 0 Å². The molecule has 1 amide bonds. The number of rotatable bonds is 4. The zero-order chi connectivity index (χ0) is 9.56. The Labute approximate surface area is 73.9 Å². The third-order valence-electron chi connectivity index (χ3n) is 1.35. The topological polar surface area (TPSA) is 41.6 Å². The van der Waals surface area contributed by atoms with E-state index in [-0.39, 0.29) is 12.2 Å². The van der Waals surface area contributed by atoms with Crippen LogP contribution >= 0.6 is 0 Å². The van der Waals surface area contributed by atoms with Crippen molar-refractivity contribution in [3.63, 3.8) is 0 Å². The van der Waals surface area contributed by atoms with E-state index in [0.29, 0.717) is 6.54 Å². The van der Waals surface area contributed by atoms with E-state index in [0.717, 1.165) is 6.54 Å². The van der Waals surface area contributed by atoms with E-state index in [4.69, 9.17) is 4.74 Å². The zero-order valence-corrected chi connectivity index (χ0v) is 8.26. The van der Waals surface area contributed by atoms with Crippen LogP contribution in [0.4, 0.5) is 4.79 Å². The lowest BCUT2D eigenvalue weighted by Crippen LogP contribution is -2.34. The van der Waals surface area contributed by atoms with Crippen molar-refractivity contribution >= 4 is 6.09 Å². The molecule has 0 aliphatic heterocycles. The van der Waals surface area contributed by atoms with Gasteiger partial charge in [-0.05, 0) is 20.9 Å². The van der Waals surface area contributed by atoms with E-state index < -0.39 is 0 Å². The molecule has 0 aliphatic rings. The summed E-state index contributed by atoms with van der Waals surface area (Å²) in [5.74, 6) is 0. The lowest BCUT2D eigenvalue weighted by molar-refractivity contribution is 0.0844. The molecule has 0 spiro atoms. The fourth-order valence-corrected chi connectivity index (χ4v) is 0.662. The predicted molar refractivity (Wildman–Crippen MR) is 48.2 cm³/mol. The smallest absolute Gasteiger partial charge is 0.409 e. The number of likely N-dealkylation sites (N-methyl/N-ethyl adjacent to an activating group) is 2. The quantitative estimate of drug-likeness (QED) is 0.681. The monoisotopic (exact) mass is 174 g/mol. The van der Waals surface area contributed by atoms with Crippen LogP contribution in [-0.2, 0) is 4.74 Å². The Balaban J connectivity index is 3.61. The second kappa shape index (κ2) is 5.83. The van der Waals surface area contributed by atoms with Crippen LogP contribution in [-0.4, -0.2) is 44.3 Å². The largest absolute Gasteiger partial charge is 0.447 e. The molecule has 0 atom stereocenters. The molecule has 0 fully saturated rings. The van der Waals surface area contributed by atoms with Crippen LogP contribution in [0.1, 0.15) is 13.8 Å². The third kappa shape index (κ3) is 4.96. The molecule has 0 aromatic carbocycles. The van der Waals surface area contributed by atoms with Gasteiger partial charge in [0, 0.05) is 20.1 Å². The molecule has 4 heteroatoms. The number of nitrogens with zero attached hydrogens (tertiary/aromatic N) is 1. The molecular formula is C8H18N2O2. The molecule has 0 aromatic rings. The Hall–Kier alpha value is -0.770. The van der Waals surface area contributed by atoms with Crippen LogP contribution in [0.3, 0.4) is 0 Å². The highest BCUT2D eigenvalue weighted by atomic mass is 16.6. The summed E-state index contributed by atoms with van der Waals surface area (Å²) in [5, 5.41) is 2.96. The first-order valence-corrected chi connectivity index (χ1v) is 4.14. The molecule has 0 rings (SSSR count). The Bertz CT molecular complexity index is 137. The Morgan fingerprint density at radius 2 is 2.17 bits per heavy atom. The number of nitrogens with one attached hydrogen (secondary N) is 1. The van der Waals surface area contributed by atoms with Crippen LogP contribution < -0.4 is 5.32 Å². The molecule has 72 valence electrons. The maximum absolute atomic E-state index is 11.1. The summed E-state index contributed by atoms with van der Waals surface area (Å²) in [6.45, 7) is 5.12. The summed E-state index contributed by atoms with van der Waals surface area (Å²) in [4.78, 5) is 12.7. The van der Waals surface area contributed by atoms with Crippen LogP contribution in [0.2, 0.25) is 0 Å². The average Bonchev–Trinajstić information content (AvgIpc) is 1.98. The molecule has 0 heterocycles. The highest BCUT2D eigenvalue weighted by Crippen LogP contribution is 1.94. The van der Waals surface area contributed by atoms with Crippen LogP contribution in [0.15, 0.2) is 0 Å². The standard InChI is InChI=1S/C8H18N2O2/c1-7(2)12-8(11)10(4)6-5-9-3/h7,9H,5-6H2,1-4H3. The van der Waals surface area contributed by atoms with Crippen molar-refractivity contribution in [1.29, 1.82) is 0 Å². The van der Waals surface area contributed by atoms with Crippen LogP contribution in [0.25, 0.3) is 0 Å². The van der Waals surface area contributed by atoms with Gasteiger partial charge in [0.25, 0.3) is 0 Å². The molecular weight excluding hydrogens is 156 g/mol. The van der Waals surface area contributed by atoms with Crippen molar-refractivity contribution in [2.75, 3.05) is 27.2 Å². The first kappa shape index (κ1) is 11.2. The van der Waals surface area contributed by atoms with Gasteiger partial charge in [0.2, 0.25) is 0 Å². The Kier molecular flexibility index (Phi) is 5.45.